The van der Waals surface area contributed by atoms with Crippen molar-refractivity contribution in [2.75, 3.05) is 6.79 Å². The molecule has 1 N–H and O–H groups in total. The van der Waals surface area contributed by atoms with E-state index in [1.54, 1.807) is 6.20 Å². The van der Waals surface area contributed by atoms with E-state index < -0.39 is 12.1 Å². The van der Waals surface area contributed by atoms with Gasteiger partial charge in [0.1, 0.15) is 0 Å². The fourth-order valence-corrected chi connectivity index (χ4v) is 3.13. The third-order valence-electron chi connectivity index (χ3n) is 4.17. The van der Waals surface area contributed by atoms with Crippen LogP contribution in [0.4, 0.5) is 0 Å². The lowest BCUT2D eigenvalue weighted by Gasteiger charge is -2.12. The van der Waals surface area contributed by atoms with Crippen molar-refractivity contribution in [1.82, 2.24) is 4.98 Å². The number of rotatable bonds is 4. The molecule has 0 saturated carbocycles. The molecule has 0 fully saturated rings. The number of nitrogens with one attached hydrogen (secondary N) is 1. The summed E-state index contributed by atoms with van der Waals surface area (Å²) in [7, 11) is 0. The highest BCUT2D eigenvalue weighted by molar-refractivity contribution is 6.32. The van der Waals surface area contributed by atoms with Crippen LogP contribution in [-0.4, -0.2) is 29.6 Å². The molecule has 2 aromatic carbocycles. The lowest BCUT2D eigenvalue weighted by molar-refractivity contribution is 0.0319. The maximum absolute atomic E-state index is 12.7. The number of esters is 1. The molecule has 1 aromatic heterocycles. The Bertz CT molecular complexity index is 1030. The molecule has 0 bridgehead atoms. The molecule has 7 heteroatoms. The molecular weight excluding hydrogens is 358 g/mol. The molecule has 6 nitrogen and oxygen atoms in total. The first kappa shape index (κ1) is 16.5. The van der Waals surface area contributed by atoms with Gasteiger partial charge < -0.3 is 19.2 Å². The van der Waals surface area contributed by atoms with Gasteiger partial charge in [0.2, 0.25) is 12.6 Å². The number of aromatic nitrogens is 1. The molecule has 1 atom stereocenters. The minimum absolute atomic E-state index is 0.0446. The van der Waals surface area contributed by atoms with Crippen molar-refractivity contribution in [2.45, 2.75) is 13.0 Å². The van der Waals surface area contributed by atoms with Gasteiger partial charge in [0.05, 0.1) is 10.6 Å². The number of hydrogen-bond donors (Lipinski definition) is 1. The average molecular weight is 372 g/mol. The zero-order valence-corrected chi connectivity index (χ0v) is 14.5. The maximum atomic E-state index is 12.7. The van der Waals surface area contributed by atoms with Crippen LogP contribution in [-0.2, 0) is 4.74 Å². The number of hydrogen-bond acceptors (Lipinski definition) is 5. The Balaban J connectivity index is 1.54. The first-order valence-corrected chi connectivity index (χ1v) is 8.33. The van der Waals surface area contributed by atoms with Gasteiger partial charge in [-0.2, -0.15) is 0 Å². The number of benzene rings is 2. The Morgan fingerprint density at radius 2 is 2.04 bits per heavy atom. The van der Waals surface area contributed by atoms with Crippen LogP contribution in [0, 0.1) is 0 Å². The monoisotopic (exact) mass is 371 g/mol. The minimum atomic E-state index is -0.953. The molecular formula is C19H14ClNO5. The summed E-state index contributed by atoms with van der Waals surface area (Å²) in [6, 6.07) is 10.3. The molecule has 1 unspecified atom stereocenters. The molecule has 2 heterocycles. The van der Waals surface area contributed by atoms with Crippen LogP contribution in [0.25, 0.3) is 10.9 Å². The molecule has 26 heavy (non-hydrogen) atoms. The van der Waals surface area contributed by atoms with Crippen molar-refractivity contribution < 1.29 is 23.8 Å². The molecule has 1 aliphatic rings. The molecule has 0 amide bonds. The van der Waals surface area contributed by atoms with Crippen molar-refractivity contribution in [2.24, 2.45) is 0 Å². The van der Waals surface area contributed by atoms with Crippen LogP contribution in [0.1, 0.15) is 27.6 Å². The van der Waals surface area contributed by atoms with Gasteiger partial charge in [0.15, 0.2) is 17.6 Å². The van der Waals surface area contributed by atoms with Crippen LogP contribution in [0.3, 0.4) is 0 Å². The third kappa shape index (κ3) is 2.78. The Morgan fingerprint density at radius 3 is 2.88 bits per heavy atom. The second-order valence-corrected chi connectivity index (χ2v) is 6.26. The van der Waals surface area contributed by atoms with Gasteiger partial charge in [-0.05, 0) is 25.1 Å². The average Bonchev–Trinajstić information content (AvgIpc) is 3.27. The lowest BCUT2D eigenvalue weighted by atomic mass is 10.1. The fourth-order valence-electron chi connectivity index (χ4n) is 2.86. The highest BCUT2D eigenvalue weighted by atomic mass is 35.5. The smallest absolute Gasteiger partial charge is 0.339 e. The van der Waals surface area contributed by atoms with Crippen molar-refractivity contribution in [3.05, 3.63) is 58.7 Å². The van der Waals surface area contributed by atoms with E-state index in [1.807, 2.05) is 24.3 Å². The maximum Gasteiger partial charge on any atom is 0.339 e. The van der Waals surface area contributed by atoms with E-state index in [2.05, 4.69) is 4.98 Å². The van der Waals surface area contributed by atoms with E-state index in [-0.39, 0.29) is 23.2 Å². The molecule has 0 saturated heterocycles. The number of Topliss-reactive ketones (excluding diaryl/α,β-unsaturated/α-hetero) is 1. The SMILES string of the molecule is CC(OC(=O)c1cc(Cl)c2c(c1)OCO2)C(=O)c1c[nH]c2ccccc12. The van der Waals surface area contributed by atoms with Gasteiger partial charge >= 0.3 is 5.97 Å². The summed E-state index contributed by atoms with van der Waals surface area (Å²) >= 11 is 6.08. The van der Waals surface area contributed by atoms with E-state index in [0.717, 1.165) is 10.9 Å². The topological polar surface area (TPSA) is 77.6 Å². The summed E-state index contributed by atoms with van der Waals surface area (Å²) in [6.07, 6.45) is 0.667. The first-order valence-electron chi connectivity index (χ1n) is 7.95. The van der Waals surface area contributed by atoms with Crippen molar-refractivity contribution >= 4 is 34.3 Å². The van der Waals surface area contributed by atoms with E-state index in [0.29, 0.717) is 17.1 Å². The van der Waals surface area contributed by atoms with Crippen LogP contribution in [0.15, 0.2) is 42.6 Å². The van der Waals surface area contributed by atoms with Gasteiger partial charge in [0.25, 0.3) is 0 Å². The number of ether oxygens (including phenoxy) is 3. The molecule has 1 aliphatic heterocycles. The zero-order chi connectivity index (χ0) is 18.3. The Labute approximate surface area is 153 Å². The van der Waals surface area contributed by atoms with Gasteiger partial charge in [0, 0.05) is 22.7 Å². The van der Waals surface area contributed by atoms with Crippen LogP contribution in [0.5, 0.6) is 11.5 Å². The number of para-hydroxylation sites is 1. The molecule has 0 aliphatic carbocycles. The standard InChI is InChI=1S/C19H14ClNO5/c1-10(17(22)13-8-21-15-5-3-2-4-12(13)15)26-19(23)11-6-14(20)18-16(7-11)24-9-25-18/h2-8,10,21H,9H2,1H3. The Morgan fingerprint density at radius 1 is 1.23 bits per heavy atom. The fraction of sp³-hybridized carbons (Fsp3) is 0.158. The summed E-state index contributed by atoms with van der Waals surface area (Å²) in [6.45, 7) is 1.58. The van der Waals surface area contributed by atoms with Crippen molar-refractivity contribution in [1.29, 1.82) is 0 Å². The number of carbonyl (C=O) groups is 2. The van der Waals surface area contributed by atoms with Crippen LogP contribution >= 0.6 is 11.6 Å². The van der Waals surface area contributed by atoms with E-state index in [1.165, 1.54) is 19.1 Å². The van der Waals surface area contributed by atoms with Gasteiger partial charge in [-0.25, -0.2) is 4.79 Å². The minimum Gasteiger partial charge on any atom is -0.454 e. The quantitative estimate of drug-likeness (QED) is 0.554. The molecule has 0 spiro atoms. The number of carbonyl (C=O) groups excluding carboxylic acids is 2. The summed E-state index contributed by atoms with van der Waals surface area (Å²) < 4.78 is 15.8. The predicted octanol–water partition coefficient (Wildman–Crippen LogP) is 3.98. The number of ketones is 1. The number of aromatic amines is 1. The summed E-state index contributed by atoms with van der Waals surface area (Å²) in [5.41, 5.74) is 1.51. The summed E-state index contributed by atoms with van der Waals surface area (Å²) in [5.74, 6) is -0.181. The molecule has 4 rings (SSSR count). The number of halogens is 1. The van der Waals surface area contributed by atoms with Gasteiger partial charge in [-0.15, -0.1) is 0 Å². The normalized spacial score (nSPS) is 13.6. The first-order chi connectivity index (χ1) is 12.5. The van der Waals surface area contributed by atoms with Gasteiger partial charge in [-0.3, -0.25) is 4.79 Å². The van der Waals surface area contributed by atoms with E-state index >= 15 is 0 Å². The van der Waals surface area contributed by atoms with E-state index in [4.69, 9.17) is 25.8 Å². The largest absolute Gasteiger partial charge is 0.454 e. The van der Waals surface area contributed by atoms with Gasteiger partial charge in [-0.1, -0.05) is 29.8 Å². The molecule has 0 radical (unpaired) electrons. The third-order valence-corrected chi connectivity index (χ3v) is 4.45. The number of H-pyrrole nitrogens is 1. The predicted molar refractivity (Wildman–Crippen MR) is 95.1 cm³/mol. The molecule has 3 aromatic rings. The lowest BCUT2D eigenvalue weighted by Crippen LogP contribution is -2.24. The highest BCUT2D eigenvalue weighted by Gasteiger charge is 2.25. The number of fused-ring (bicyclic) bond motifs is 2. The summed E-state index contributed by atoms with van der Waals surface area (Å²) in [4.78, 5) is 28.1. The van der Waals surface area contributed by atoms with Crippen LogP contribution < -0.4 is 9.47 Å². The second kappa shape index (κ2) is 6.38. The summed E-state index contributed by atoms with van der Waals surface area (Å²) in [5, 5.41) is 1.04. The van der Waals surface area contributed by atoms with E-state index in [9.17, 15) is 9.59 Å². The zero-order valence-electron chi connectivity index (χ0n) is 13.7. The van der Waals surface area contributed by atoms with Crippen LogP contribution in [0.2, 0.25) is 5.02 Å². The Kier molecular flexibility index (Phi) is 4.05. The highest BCUT2D eigenvalue weighted by Crippen LogP contribution is 2.40. The van der Waals surface area contributed by atoms with Crippen molar-refractivity contribution in [3.63, 3.8) is 0 Å². The second-order valence-electron chi connectivity index (χ2n) is 5.85. The molecule has 132 valence electrons. The van der Waals surface area contributed by atoms with Crippen molar-refractivity contribution in [3.8, 4) is 11.5 Å². The Hall–Kier alpha value is -2.99.